The second kappa shape index (κ2) is 7.64. The van der Waals surface area contributed by atoms with E-state index in [1.54, 1.807) is 6.07 Å². The molecule has 0 saturated carbocycles. The first-order valence-corrected chi connectivity index (χ1v) is 9.06. The standard InChI is InChI=1S/C20H26N4O/c1-4-16-5-7-17(8-6-16)22-19(25)18-13-15(3)21-20(23-18)24-11-9-14(2)10-12-24/h5-8,13-14H,4,9-12H2,1-3H3,(H,22,25). The molecule has 1 amide bonds. The third-order valence-electron chi connectivity index (χ3n) is 4.76. The molecule has 1 aliphatic rings. The van der Waals surface area contributed by atoms with Gasteiger partial charge in [0.05, 0.1) is 0 Å². The van der Waals surface area contributed by atoms with E-state index in [9.17, 15) is 4.79 Å². The normalized spacial score (nSPS) is 15.2. The number of carbonyl (C=O) groups is 1. The molecule has 1 saturated heterocycles. The van der Waals surface area contributed by atoms with Crippen molar-refractivity contribution in [3.05, 3.63) is 47.3 Å². The molecule has 0 bridgehead atoms. The van der Waals surface area contributed by atoms with Crippen LogP contribution in [0.5, 0.6) is 0 Å². The fourth-order valence-corrected chi connectivity index (χ4v) is 3.04. The molecule has 1 N–H and O–H groups in total. The third-order valence-corrected chi connectivity index (χ3v) is 4.76. The average Bonchev–Trinajstić information content (AvgIpc) is 2.62. The summed E-state index contributed by atoms with van der Waals surface area (Å²) in [5.41, 5.74) is 3.26. The SMILES string of the molecule is CCc1ccc(NC(=O)c2cc(C)nc(N3CCC(C)CC3)n2)cc1. The highest BCUT2D eigenvalue weighted by atomic mass is 16.1. The zero-order valence-electron chi connectivity index (χ0n) is 15.2. The number of benzene rings is 1. The number of hydrogen-bond donors (Lipinski definition) is 1. The van der Waals surface area contributed by atoms with Crippen LogP contribution in [0, 0.1) is 12.8 Å². The van der Waals surface area contributed by atoms with E-state index in [1.165, 1.54) is 5.56 Å². The number of piperidine rings is 1. The van der Waals surface area contributed by atoms with Crippen LogP contribution in [0.4, 0.5) is 11.6 Å². The van der Waals surface area contributed by atoms with Gasteiger partial charge in [-0.3, -0.25) is 4.79 Å². The summed E-state index contributed by atoms with van der Waals surface area (Å²) in [6.07, 6.45) is 3.27. The molecular formula is C20H26N4O. The summed E-state index contributed by atoms with van der Waals surface area (Å²) in [4.78, 5) is 23.8. The van der Waals surface area contributed by atoms with E-state index in [0.717, 1.165) is 49.7 Å². The second-order valence-corrected chi connectivity index (χ2v) is 6.87. The molecule has 1 aromatic heterocycles. The van der Waals surface area contributed by atoms with E-state index in [4.69, 9.17) is 0 Å². The lowest BCUT2D eigenvalue weighted by molar-refractivity contribution is 0.102. The first-order chi connectivity index (χ1) is 12.0. The number of carbonyl (C=O) groups excluding carboxylic acids is 1. The van der Waals surface area contributed by atoms with E-state index in [0.29, 0.717) is 11.6 Å². The van der Waals surface area contributed by atoms with E-state index < -0.39 is 0 Å². The Labute approximate surface area is 149 Å². The fourth-order valence-electron chi connectivity index (χ4n) is 3.04. The van der Waals surface area contributed by atoms with E-state index in [2.05, 4.69) is 34.0 Å². The Morgan fingerprint density at radius 1 is 1.20 bits per heavy atom. The molecule has 0 atom stereocenters. The van der Waals surface area contributed by atoms with Gasteiger partial charge >= 0.3 is 0 Å². The van der Waals surface area contributed by atoms with Gasteiger partial charge in [0.15, 0.2) is 0 Å². The molecule has 0 unspecified atom stereocenters. The van der Waals surface area contributed by atoms with Gasteiger partial charge in [0.2, 0.25) is 5.95 Å². The Morgan fingerprint density at radius 2 is 1.88 bits per heavy atom. The van der Waals surface area contributed by atoms with Gasteiger partial charge in [-0.15, -0.1) is 0 Å². The summed E-state index contributed by atoms with van der Waals surface area (Å²) >= 11 is 0. The minimum absolute atomic E-state index is 0.193. The van der Waals surface area contributed by atoms with Crippen molar-refractivity contribution in [1.82, 2.24) is 9.97 Å². The zero-order valence-corrected chi connectivity index (χ0v) is 15.2. The van der Waals surface area contributed by atoms with Crippen LogP contribution >= 0.6 is 0 Å². The van der Waals surface area contributed by atoms with Crippen LogP contribution in [0.3, 0.4) is 0 Å². The van der Waals surface area contributed by atoms with Crippen LogP contribution < -0.4 is 10.2 Å². The molecule has 0 spiro atoms. The number of hydrogen-bond acceptors (Lipinski definition) is 4. The maximum absolute atomic E-state index is 12.6. The number of anilines is 2. The first-order valence-electron chi connectivity index (χ1n) is 9.06. The Balaban J connectivity index is 1.75. The zero-order chi connectivity index (χ0) is 17.8. The molecule has 25 heavy (non-hydrogen) atoms. The molecule has 5 heteroatoms. The molecule has 0 radical (unpaired) electrons. The maximum atomic E-state index is 12.6. The minimum Gasteiger partial charge on any atom is -0.341 e. The highest BCUT2D eigenvalue weighted by Gasteiger charge is 2.20. The molecule has 1 aromatic carbocycles. The van der Waals surface area contributed by atoms with Crippen molar-refractivity contribution in [1.29, 1.82) is 0 Å². The van der Waals surface area contributed by atoms with Gasteiger partial charge in [-0.25, -0.2) is 9.97 Å². The summed E-state index contributed by atoms with van der Waals surface area (Å²) < 4.78 is 0. The summed E-state index contributed by atoms with van der Waals surface area (Å²) in [7, 11) is 0. The molecular weight excluding hydrogens is 312 g/mol. The highest BCUT2D eigenvalue weighted by molar-refractivity contribution is 6.03. The number of amides is 1. The largest absolute Gasteiger partial charge is 0.341 e. The maximum Gasteiger partial charge on any atom is 0.274 e. The lowest BCUT2D eigenvalue weighted by atomic mass is 10.00. The van der Waals surface area contributed by atoms with Crippen molar-refractivity contribution >= 4 is 17.5 Å². The first kappa shape index (κ1) is 17.4. The van der Waals surface area contributed by atoms with Gasteiger partial charge in [0, 0.05) is 24.5 Å². The van der Waals surface area contributed by atoms with Gasteiger partial charge in [-0.2, -0.15) is 0 Å². The minimum atomic E-state index is -0.193. The molecule has 0 aliphatic carbocycles. The second-order valence-electron chi connectivity index (χ2n) is 6.87. The van der Waals surface area contributed by atoms with Crippen LogP contribution in [-0.2, 0) is 6.42 Å². The lowest BCUT2D eigenvalue weighted by Gasteiger charge is -2.30. The number of nitrogens with one attached hydrogen (secondary N) is 1. The van der Waals surface area contributed by atoms with E-state index in [-0.39, 0.29) is 5.91 Å². The van der Waals surface area contributed by atoms with Crippen molar-refractivity contribution in [2.24, 2.45) is 5.92 Å². The Morgan fingerprint density at radius 3 is 2.52 bits per heavy atom. The monoisotopic (exact) mass is 338 g/mol. The predicted octanol–water partition coefficient (Wildman–Crippen LogP) is 3.84. The Bertz CT molecular complexity index is 734. The fraction of sp³-hybridized carbons (Fsp3) is 0.450. The number of rotatable bonds is 4. The highest BCUT2D eigenvalue weighted by Crippen LogP contribution is 2.21. The number of aromatic nitrogens is 2. The van der Waals surface area contributed by atoms with E-state index in [1.807, 2.05) is 31.2 Å². The quantitative estimate of drug-likeness (QED) is 0.920. The van der Waals surface area contributed by atoms with Crippen LogP contribution in [0.15, 0.2) is 30.3 Å². The van der Waals surface area contributed by atoms with Crippen molar-refractivity contribution in [3.63, 3.8) is 0 Å². The lowest BCUT2D eigenvalue weighted by Crippen LogP contribution is -2.34. The molecule has 1 fully saturated rings. The van der Waals surface area contributed by atoms with Crippen molar-refractivity contribution in [3.8, 4) is 0 Å². The van der Waals surface area contributed by atoms with Crippen molar-refractivity contribution in [2.75, 3.05) is 23.3 Å². The Hall–Kier alpha value is -2.43. The van der Waals surface area contributed by atoms with Gasteiger partial charge in [-0.1, -0.05) is 26.0 Å². The van der Waals surface area contributed by atoms with E-state index >= 15 is 0 Å². The predicted molar refractivity (Wildman–Crippen MR) is 101 cm³/mol. The van der Waals surface area contributed by atoms with Gasteiger partial charge in [-0.05, 0) is 55.9 Å². The molecule has 5 nitrogen and oxygen atoms in total. The van der Waals surface area contributed by atoms with Crippen LogP contribution in [0.2, 0.25) is 0 Å². The third kappa shape index (κ3) is 4.35. The molecule has 132 valence electrons. The van der Waals surface area contributed by atoms with Crippen molar-refractivity contribution in [2.45, 2.75) is 40.0 Å². The van der Waals surface area contributed by atoms with Gasteiger partial charge in [0.25, 0.3) is 5.91 Å². The van der Waals surface area contributed by atoms with Crippen LogP contribution in [0.1, 0.15) is 48.4 Å². The summed E-state index contributed by atoms with van der Waals surface area (Å²) in [6, 6.07) is 9.66. The molecule has 2 aromatic rings. The summed E-state index contributed by atoms with van der Waals surface area (Å²) in [5.74, 6) is 1.22. The van der Waals surface area contributed by atoms with Crippen LogP contribution in [0.25, 0.3) is 0 Å². The molecule has 1 aliphatic heterocycles. The number of nitrogens with zero attached hydrogens (tertiary/aromatic N) is 3. The molecule has 3 rings (SSSR count). The summed E-state index contributed by atoms with van der Waals surface area (Å²) in [6.45, 7) is 8.19. The molecule has 2 heterocycles. The van der Waals surface area contributed by atoms with Crippen molar-refractivity contribution < 1.29 is 4.79 Å². The Kier molecular flexibility index (Phi) is 5.31. The smallest absolute Gasteiger partial charge is 0.274 e. The number of aryl methyl sites for hydroxylation is 2. The van der Waals surface area contributed by atoms with Crippen LogP contribution in [-0.4, -0.2) is 29.0 Å². The average molecular weight is 338 g/mol. The van der Waals surface area contributed by atoms with Gasteiger partial charge < -0.3 is 10.2 Å². The van der Waals surface area contributed by atoms with Gasteiger partial charge in [0.1, 0.15) is 5.69 Å². The summed E-state index contributed by atoms with van der Waals surface area (Å²) in [5, 5.41) is 2.93. The topological polar surface area (TPSA) is 58.1 Å².